The fourth-order valence-electron chi connectivity index (χ4n) is 3.14. The normalized spacial score (nSPS) is 35.4. The van der Waals surface area contributed by atoms with E-state index in [1.54, 1.807) is 0 Å². The van der Waals surface area contributed by atoms with Crippen molar-refractivity contribution in [3.63, 3.8) is 0 Å². The molecule has 0 aromatic carbocycles. The van der Waals surface area contributed by atoms with E-state index in [-0.39, 0.29) is 23.1 Å². The molecule has 0 spiro atoms. The molecule has 104 valence electrons. The molecule has 2 N–H and O–H groups in total. The first-order valence-electron chi connectivity index (χ1n) is 7.17. The van der Waals surface area contributed by atoms with Gasteiger partial charge in [-0.15, -0.1) is 0 Å². The third kappa shape index (κ3) is 2.86. The van der Waals surface area contributed by atoms with Crippen molar-refractivity contribution in [3.8, 4) is 0 Å². The van der Waals surface area contributed by atoms with Gasteiger partial charge in [-0.2, -0.15) is 0 Å². The molecule has 18 heavy (non-hydrogen) atoms. The van der Waals surface area contributed by atoms with Crippen LogP contribution in [0.5, 0.6) is 0 Å². The maximum Gasteiger partial charge on any atom is 0.240 e. The number of hydrogen-bond acceptors (Lipinski definition) is 3. The van der Waals surface area contributed by atoms with Crippen LogP contribution in [-0.2, 0) is 9.53 Å². The predicted molar refractivity (Wildman–Crippen MR) is 71.5 cm³/mol. The van der Waals surface area contributed by atoms with Crippen molar-refractivity contribution < 1.29 is 9.53 Å². The van der Waals surface area contributed by atoms with E-state index in [9.17, 15) is 4.79 Å². The monoisotopic (exact) mass is 254 g/mol. The second-order valence-electron chi connectivity index (χ2n) is 6.24. The van der Waals surface area contributed by atoms with Crippen molar-refractivity contribution in [1.82, 2.24) is 10.6 Å². The van der Waals surface area contributed by atoms with Gasteiger partial charge in [0.05, 0.1) is 11.1 Å². The first kappa shape index (κ1) is 13.8. The summed E-state index contributed by atoms with van der Waals surface area (Å²) in [6, 6.07) is 0.257. The van der Waals surface area contributed by atoms with Crippen LogP contribution in [0.15, 0.2) is 0 Å². The first-order chi connectivity index (χ1) is 8.47. The van der Waals surface area contributed by atoms with Gasteiger partial charge in [-0.05, 0) is 52.5 Å². The molecule has 0 saturated carbocycles. The summed E-state index contributed by atoms with van der Waals surface area (Å²) in [5.74, 6) is 0.185. The van der Waals surface area contributed by atoms with Gasteiger partial charge in [-0.1, -0.05) is 6.92 Å². The summed E-state index contributed by atoms with van der Waals surface area (Å²) in [5, 5.41) is 6.61. The van der Waals surface area contributed by atoms with Gasteiger partial charge in [0.2, 0.25) is 5.91 Å². The molecule has 0 bridgehead atoms. The van der Waals surface area contributed by atoms with Gasteiger partial charge in [0.25, 0.3) is 0 Å². The van der Waals surface area contributed by atoms with E-state index in [4.69, 9.17) is 4.74 Å². The standard InChI is InChI=1S/C14H26N2O2/c1-4-14(7-5-8-15-14)12(17)16-11-6-9-18-13(2,3)10-11/h11,15H,4-10H2,1-3H3,(H,16,17). The molecule has 2 fully saturated rings. The Kier molecular flexibility index (Phi) is 3.97. The van der Waals surface area contributed by atoms with Crippen LogP contribution >= 0.6 is 0 Å². The second kappa shape index (κ2) is 5.17. The fraction of sp³-hybridized carbons (Fsp3) is 0.929. The quantitative estimate of drug-likeness (QED) is 0.804. The van der Waals surface area contributed by atoms with Crippen LogP contribution in [0.25, 0.3) is 0 Å². The molecule has 2 heterocycles. The van der Waals surface area contributed by atoms with E-state index in [0.717, 1.165) is 45.3 Å². The molecule has 0 aromatic rings. The molecule has 2 saturated heterocycles. The first-order valence-corrected chi connectivity index (χ1v) is 7.17. The van der Waals surface area contributed by atoms with Gasteiger partial charge >= 0.3 is 0 Å². The summed E-state index contributed by atoms with van der Waals surface area (Å²) in [6.45, 7) is 7.97. The highest BCUT2D eigenvalue weighted by molar-refractivity contribution is 5.86. The highest BCUT2D eigenvalue weighted by Crippen LogP contribution is 2.27. The van der Waals surface area contributed by atoms with Crippen LogP contribution < -0.4 is 10.6 Å². The van der Waals surface area contributed by atoms with E-state index in [0.29, 0.717) is 0 Å². The van der Waals surface area contributed by atoms with Crippen LogP contribution in [0, 0.1) is 0 Å². The van der Waals surface area contributed by atoms with E-state index in [2.05, 4.69) is 31.4 Å². The molecule has 2 aliphatic heterocycles. The molecule has 4 nitrogen and oxygen atoms in total. The molecule has 1 amide bonds. The Morgan fingerprint density at radius 2 is 2.28 bits per heavy atom. The lowest BCUT2D eigenvalue weighted by Gasteiger charge is -2.37. The molecule has 2 unspecified atom stereocenters. The molecule has 0 radical (unpaired) electrons. The largest absolute Gasteiger partial charge is 0.375 e. The average molecular weight is 254 g/mol. The Morgan fingerprint density at radius 1 is 1.50 bits per heavy atom. The zero-order valence-corrected chi connectivity index (χ0v) is 11.8. The van der Waals surface area contributed by atoms with E-state index >= 15 is 0 Å². The van der Waals surface area contributed by atoms with Crippen molar-refractivity contribution >= 4 is 5.91 Å². The molecular weight excluding hydrogens is 228 g/mol. The third-order valence-electron chi connectivity index (χ3n) is 4.31. The highest BCUT2D eigenvalue weighted by atomic mass is 16.5. The molecule has 2 rings (SSSR count). The molecule has 0 aromatic heterocycles. The summed E-state index contributed by atoms with van der Waals surface area (Å²) in [5.41, 5.74) is -0.429. The number of hydrogen-bond donors (Lipinski definition) is 2. The minimum Gasteiger partial charge on any atom is -0.375 e. The Labute approximate surface area is 110 Å². The summed E-state index contributed by atoms with van der Waals surface area (Å²) in [6.07, 6.45) is 4.75. The van der Waals surface area contributed by atoms with E-state index in [1.165, 1.54) is 0 Å². The minimum absolute atomic E-state index is 0.112. The minimum atomic E-state index is -0.317. The summed E-state index contributed by atoms with van der Waals surface area (Å²) in [4.78, 5) is 12.5. The Hall–Kier alpha value is -0.610. The van der Waals surface area contributed by atoms with E-state index in [1.807, 2.05) is 0 Å². The Bertz CT molecular complexity index is 309. The maximum atomic E-state index is 12.5. The van der Waals surface area contributed by atoms with Gasteiger partial charge in [0.1, 0.15) is 0 Å². The SMILES string of the molecule is CCC1(C(=O)NC2CCOC(C)(C)C2)CCCN1. The third-order valence-corrected chi connectivity index (χ3v) is 4.31. The van der Waals surface area contributed by atoms with Gasteiger partial charge in [0.15, 0.2) is 0 Å². The smallest absolute Gasteiger partial charge is 0.240 e. The average Bonchev–Trinajstić information content (AvgIpc) is 2.77. The number of ether oxygens (including phenoxy) is 1. The van der Waals surface area contributed by atoms with Crippen LogP contribution in [0.2, 0.25) is 0 Å². The maximum absolute atomic E-state index is 12.5. The van der Waals surface area contributed by atoms with Gasteiger partial charge in [0, 0.05) is 12.6 Å². The zero-order valence-electron chi connectivity index (χ0n) is 11.8. The molecule has 4 heteroatoms. The van der Waals surface area contributed by atoms with Crippen LogP contribution in [-0.4, -0.2) is 36.2 Å². The summed E-state index contributed by atoms with van der Waals surface area (Å²) >= 11 is 0. The zero-order chi connectivity index (χ0) is 13.2. The number of amides is 1. The second-order valence-corrected chi connectivity index (χ2v) is 6.24. The van der Waals surface area contributed by atoms with Crippen molar-refractivity contribution in [1.29, 1.82) is 0 Å². The Morgan fingerprint density at radius 3 is 2.83 bits per heavy atom. The lowest BCUT2D eigenvalue weighted by Crippen LogP contribution is -2.57. The van der Waals surface area contributed by atoms with Crippen LogP contribution in [0.1, 0.15) is 52.9 Å². The summed E-state index contributed by atoms with van der Waals surface area (Å²) < 4.78 is 5.69. The fourth-order valence-corrected chi connectivity index (χ4v) is 3.14. The van der Waals surface area contributed by atoms with E-state index < -0.39 is 0 Å². The van der Waals surface area contributed by atoms with Crippen molar-refractivity contribution in [2.24, 2.45) is 0 Å². The predicted octanol–water partition coefficient (Wildman–Crippen LogP) is 1.59. The highest BCUT2D eigenvalue weighted by Gasteiger charge is 2.40. The van der Waals surface area contributed by atoms with Crippen molar-refractivity contribution in [2.75, 3.05) is 13.2 Å². The number of carbonyl (C=O) groups excluding carboxylic acids is 1. The lowest BCUT2D eigenvalue weighted by molar-refractivity contribution is -0.130. The number of nitrogens with one attached hydrogen (secondary N) is 2. The van der Waals surface area contributed by atoms with Gasteiger partial charge in [-0.3, -0.25) is 4.79 Å². The van der Waals surface area contributed by atoms with Crippen molar-refractivity contribution in [2.45, 2.75) is 70.1 Å². The van der Waals surface area contributed by atoms with Crippen LogP contribution in [0.3, 0.4) is 0 Å². The summed E-state index contributed by atoms with van der Waals surface area (Å²) in [7, 11) is 0. The number of carbonyl (C=O) groups is 1. The molecule has 0 aliphatic carbocycles. The lowest BCUT2D eigenvalue weighted by atomic mass is 9.90. The molecule has 2 aliphatic rings. The van der Waals surface area contributed by atoms with Crippen molar-refractivity contribution in [3.05, 3.63) is 0 Å². The molecular formula is C14H26N2O2. The Balaban J connectivity index is 1.94. The topological polar surface area (TPSA) is 50.4 Å². The van der Waals surface area contributed by atoms with Gasteiger partial charge < -0.3 is 15.4 Å². The molecule has 2 atom stereocenters. The number of rotatable bonds is 3. The van der Waals surface area contributed by atoms with Gasteiger partial charge in [-0.25, -0.2) is 0 Å². The van der Waals surface area contributed by atoms with Crippen LogP contribution in [0.4, 0.5) is 0 Å².